The first-order chi connectivity index (χ1) is 8.67. The summed E-state index contributed by atoms with van der Waals surface area (Å²) in [6.45, 7) is 0.342. The van der Waals surface area contributed by atoms with E-state index in [4.69, 9.17) is 10.5 Å². The number of methoxy groups -OCH3 is 2. The maximum Gasteiger partial charge on any atom is 0.307 e. The zero-order valence-electron chi connectivity index (χ0n) is 10.1. The zero-order valence-corrected chi connectivity index (χ0v) is 10.1. The molecule has 0 aliphatic carbocycles. The van der Waals surface area contributed by atoms with Crippen LogP contribution in [-0.2, 0) is 16.1 Å². The first-order valence-corrected chi connectivity index (χ1v) is 5.25. The highest BCUT2D eigenvalue weighted by molar-refractivity contribution is 5.79. The number of anilines is 1. The van der Waals surface area contributed by atoms with Gasteiger partial charge in [0.2, 0.25) is 11.8 Å². The Morgan fingerprint density at radius 2 is 2.22 bits per heavy atom. The second-order valence-electron chi connectivity index (χ2n) is 3.50. The Kier molecular flexibility index (Phi) is 3.26. The summed E-state index contributed by atoms with van der Waals surface area (Å²) >= 11 is 0. The number of imidazole rings is 1. The number of nitrogen functional groups attached to an aromatic ring is 1. The highest BCUT2D eigenvalue weighted by atomic mass is 16.5. The van der Waals surface area contributed by atoms with Gasteiger partial charge in [-0.25, -0.2) is 9.97 Å². The van der Waals surface area contributed by atoms with Crippen molar-refractivity contribution >= 4 is 23.1 Å². The fraction of sp³-hybridized carbons (Fsp3) is 0.400. The van der Waals surface area contributed by atoms with Gasteiger partial charge in [-0.1, -0.05) is 0 Å². The van der Waals surface area contributed by atoms with Crippen molar-refractivity contribution in [2.45, 2.75) is 13.0 Å². The Bertz CT molecular complexity index is 580. The number of rotatable bonds is 4. The van der Waals surface area contributed by atoms with Gasteiger partial charge in [-0.15, -0.1) is 0 Å². The molecule has 8 nitrogen and oxygen atoms in total. The molecule has 0 bridgehead atoms. The second kappa shape index (κ2) is 4.86. The average molecular weight is 251 g/mol. The van der Waals surface area contributed by atoms with E-state index in [0.717, 1.165) is 0 Å². The Morgan fingerprint density at radius 3 is 2.89 bits per heavy atom. The fourth-order valence-electron chi connectivity index (χ4n) is 1.61. The van der Waals surface area contributed by atoms with Crippen molar-refractivity contribution in [3.8, 4) is 5.88 Å². The van der Waals surface area contributed by atoms with Gasteiger partial charge in [0.1, 0.15) is 6.33 Å². The number of nitrogens with zero attached hydrogens (tertiary/aromatic N) is 4. The Labute approximate surface area is 103 Å². The van der Waals surface area contributed by atoms with Gasteiger partial charge in [0, 0.05) is 6.54 Å². The lowest BCUT2D eigenvalue weighted by molar-refractivity contribution is -0.140. The van der Waals surface area contributed by atoms with E-state index >= 15 is 0 Å². The molecule has 2 aromatic heterocycles. The minimum absolute atomic E-state index is 0.193. The lowest BCUT2D eigenvalue weighted by Crippen LogP contribution is -2.09. The molecule has 0 aliphatic heterocycles. The number of esters is 1. The molecular formula is C10H13N5O3. The molecule has 18 heavy (non-hydrogen) atoms. The molecule has 0 radical (unpaired) electrons. The zero-order chi connectivity index (χ0) is 13.1. The molecule has 2 aromatic rings. The van der Waals surface area contributed by atoms with Crippen LogP contribution >= 0.6 is 0 Å². The van der Waals surface area contributed by atoms with Crippen molar-refractivity contribution < 1.29 is 14.3 Å². The number of hydrogen-bond donors (Lipinski definition) is 1. The van der Waals surface area contributed by atoms with E-state index in [0.29, 0.717) is 23.6 Å². The topological polar surface area (TPSA) is 105 Å². The van der Waals surface area contributed by atoms with Gasteiger partial charge < -0.3 is 15.2 Å². The quantitative estimate of drug-likeness (QED) is 0.761. The van der Waals surface area contributed by atoms with E-state index in [9.17, 15) is 4.79 Å². The van der Waals surface area contributed by atoms with E-state index in [1.165, 1.54) is 20.5 Å². The van der Waals surface area contributed by atoms with Gasteiger partial charge in [-0.3, -0.25) is 9.36 Å². The lowest BCUT2D eigenvalue weighted by Gasteiger charge is -2.04. The van der Waals surface area contributed by atoms with Crippen LogP contribution in [-0.4, -0.2) is 39.7 Å². The summed E-state index contributed by atoms with van der Waals surface area (Å²) in [5, 5.41) is 0. The van der Waals surface area contributed by atoms with Crippen molar-refractivity contribution in [3.05, 3.63) is 6.33 Å². The van der Waals surface area contributed by atoms with Crippen molar-refractivity contribution in [3.63, 3.8) is 0 Å². The predicted octanol–water partition coefficient (Wildman–Crippen LogP) is -0.0198. The van der Waals surface area contributed by atoms with Crippen LogP contribution in [0.4, 0.5) is 5.95 Å². The molecular weight excluding hydrogens is 238 g/mol. The molecule has 2 N–H and O–H groups in total. The van der Waals surface area contributed by atoms with Gasteiger partial charge >= 0.3 is 5.97 Å². The third kappa shape index (κ3) is 2.04. The maximum absolute atomic E-state index is 11.1. The summed E-state index contributed by atoms with van der Waals surface area (Å²) in [5.41, 5.74) is 6.79. The van der Waals surface area contributed by atoms with Crippen LogP contribution in [0.1, 0.15) is 6.42 Å². The van der Waals surface area contributed by atoms with Crippen molar-refractivity contribution in [1.29, 1.82) is 0 Å². The Hall–Kier alpha value is -2.38. The number of carbonyl (C=O) groups is 1. The number of fused-ring (bicyclic) bond motifs is 1. The van der Waals surface area contributed by atoms with E-state index in [2.05, 4.69) is 19.7 Å². The van der Waals surface area contributed by atoms with E-state index in [-0.39, 0.29) is 18.3 Å². The minimum Gasteiger partial charge on any atom is -0.479 e. The van der Waals surface area contributed by atoms with Crippen LogP contribution in [0.2, 0.25) is 0 Å². The molecule has 2 rings (SSSR count). The molecule has 0 saturated heterocycles. The third-order valence-corrected chi connectivity index (χ3v) is 2.49. The molecule has 0 atom stereocenters. The first kappa shape index (κ1) is 12.1. The summed E-state index contributed by atoms with van der Waals surface area (Å²) in [6, 6.07) is 0. The largest absolute Gasteiger partial charge is 0.479 e. The van der Waals surface area contributed by atoms with Crippen LogP contribution in [0, 0.1) is 0 Å². The maximum atomic E-state index is 11.1. The number of hydrogen-bond acceptors (Lipinski definition) is 7. The Morgan fingerprint density at radius 1 is 1.44 bits per heavy atom. The fourth-order valence-corrected chi connectivity index (χ4v) is 1.61. The number of carbonyl (C=O) groups excluding carboxylic acids is 1. The number of aryl methyl sites for hydroxylation is 1. The minimum atomic E-state index is -0.322. The van der Waals surface area contributed by atoms with Crippen LogP contribution in [0.3, 0.4) is 0 Å². The average Bonchev–Trinajstić information content (AvgIpc) is 2.71. The van der Waals surface area contributed by atoms with Gasteiger partial charge in [0.25, 0.3) is 0 Å². The summed E-state index contributed by atoms with van der Waals surface area (Å²) in [7, 11) is 2.83. The second-order valence-corrected chi connectivity index (χ2v) is 3.50. The summed E-state index contributed by atoms with van der Waals surface area (Å²) in [4.78, 5) is 23.3. The summed E-state index contributed by atoms with van der Waals surface area (Å²) in [5.74, 6) is 0.286. The highest BCUT2D eigenvalue weighted by Crippen LogP contribution is 2.22. The monoisotopic (exact) mass is 251 g/mol. The molecule has 8 heteroatoms. The van der Waals surface area contributed by atoms with Gasteiger partial charge in [0.05, 0.1) is 20.6 Å². The molecule has 0 aromatic carbocycles. The number of ether oxygens (including phenoxy) is 2. The molecule has 0 aliphatic rings. The van der Waals surface area contributed by atoms with E-state index < -0.39 is 0 Å². The molecule has 2 heterocycles. The smallest absolute Gasteiger partial charge is 0.307 e. The SMILES string of the molecule is COC(=O)CCn1c(N)nc2c(OC)ncnc21. The van der Waals surface area contributed by atoms with E-state index in [1.54, 1.807) is 4.57 Å². The van der Waals surface area contributed by atoms with Gasteiger partial charge in [-0.2, -0.15) is 4.98 Å². The standard InChI is InChI=1S/C10H13N5O3/c1-17-6(16)3-4-15-8-7(14-10(15)11)9(18-2)13-5-12-8/h5H,3-4H2,1-2H3,(H2,11,14). The van der Waals surface area contributed by atoms with Crippen LogP contribution < -0.4 is 10.5 Å². The predicted molar refractivity (Wildman–Crippen MR) is 62.9 cm³/mol. The molecule has 0 fully saturated rings. The van der Waals surface area contributed by atoms with Crippen molar-refractivity contribution in [2.24, 2.45) is 0 Å². The van der Waals surface area contributed by atoms with Crippen molar-refractivity contribution in [1.82, 2.24) is 19.5 Å². The molecule has 0 spiro atoms. The van der Waals surface area contributed by atoms with E-state index in [1.807, 2.05) is 0 Å². The highest BCUT2D eigenvalue weighted by Gasteiger charge is 2.15. The number of aromatic nitrogens is 4. The van der Waals surface area contributed by atoms with Crippen LogP contribution in [0.25, 0.3) is 11.2 Å². The lowest BCUT2D eigenvalue weighted by atomic mass is 10.4. The molecule has 0 amide bonds. The summed E-state index contributed by atoms with van der Waals surface area (Å²) in [6.07, 6.45) is 1.55. The molecule has 0 saturated carbocycles. The van der Waals surface area contributed by atoms with Crippen molar-refractivity contribution in [2.75, 3.05) is 20.0 Å². The molecule has 96 valence electrons. The number of nitrogens with two attached hydrogens (primary N) is 1. The van der Waals surface area contributed by atoms with Crippen LogP contribution in [0.5, 0.6) is 5.88 Å². The molecule has 0 unspecified atom stereocenters. The summed E-state index contributed by atoms with van der Waals surface area (Å²) < 4.78 is 11.3. The first-order valence-electron chi connectivity index (χ1n) is 5.25. The third-order valence-electron chi connectivity index (χ3n) is 2.49. The normalized spacial score (nSPS) is 10.6. The van der Waals surface area contributed by atoms with Gasteiger partial charge in [-0.05, 0) is 0 Å². The Balaban J connectivity index is 2.38. The van der Waals surface area contributed by atoms with Crippen LogP contribution in [0.15, 0.2) is 6.33 Å². The van der Waals surface area contributed by atoms with Gasteiger partial charge in [0.15, 0.2) is 11.2 Å².